The number of ether oxygens (including phenoxy) is 4. The van der Waals surface area contributed by atoms with Crippen molar-refractivity contribution in [2.75, 3.05) is 59.4 Å². The molecule has 5 nitrogen and oxygen atoms in total. The van der Waals surface area contributed by atoms with Gasteiger partial charge in [0.15, 0.2) is 0 Å². The Morgan fingerprint density at radius 2 is 1.00 bits per heavy atom. The first-order chi connectivity index (χ1) is 11.2. The van der Waals surface area contributed by atoms with Crippen LogP contribution in [0.25, 0.3) is 0 Å². The predicted octanol–water partition coefficient (Wildman–Crippen LogP) is 5.27. The summed E-state index contributed by atoms with van der Waals surface area (Å²) >= 11 is 0. The summed E-state index contributed by atoms with van der Waals surface area (Å²) in [5, 5.41) is 0. The quantitative estimate of drug-likeness (QED) is 0.272. The highest BCUT2D eigenvalue weighted by Gasteiger charge is 2.32. The zero-order valence-corrected chi connectivity index (χ0v) is 14.4. The van der Waals surface area contributed by atoms with Crippen LogP contribution in [-0.2, 0) is 18.9 Å². The molecule has 0 unspecified atom stereocenters. The van der Waals surface area contributed by atoms with Crippen molar-refractivity contribution in [3.8, 4) is 24.7 Å². The second kappa shape index (κ2) is 34.4. The van der Waals surface area contributed by atoms with E-state index in [1.807, 2.05) is 0 Å². The van der Waals surface area contributed by atoms with Gasteiger partial charge in [-0.25, -0.2) is 0 Å². The molecule has 0 spiro atoms. The minimum Gasteiger partial charge on any atom is -0.381 e. The van der Waals surface area contributed by atoms with Gasteiger partial charge in [-0.3, -0.25) is 0 Å². The van der Waals surface area contributed by atoms with E-state index in [1.54, 1.807) is 0 Å². The molecule has 0 saturated heterocycles. The van der Waals surface area contributed by atoms with Crippen LogP contribution in [0.1, 0.15) is 70.7 Å². The first-order valence-electron chi connectivity index (χ1n) is 8.12. The summed E-state index contributed by atoms with van der Waals surface area (Å²) in [6.45, 7) is 6.61. The normalized spacial score (nSPS) is 8.83. The second-order valence-electron chi connectivity index (χ2n) is 5.41. The molecule has 0 atom stereocenters. The molecule has 0 amide bonds. The molecule has 2 N–H and O–H groups in total. The van der Waals surface area contributed by atoms with Crippen LogP contribution < -0.4 is 5.73 Å². The molecule has 0 saturated carbocycles. The van der Waals surface area contributed by atoms with E-state index >= 15 is 0 Å². The fourth-order valence-corrected chi connectivity index (χ4v) is 1.89. The van der Waals surface area contributed by atoms with Crippen molar-refractivity contribution in [1.82, 2.24) is 0 Å². The maximum Gasteiger partial charge on any atom is 0.0637 e. The van der Waals surface area contributed by atoms with Crippen molar-refractivity contribution >= 4 is 0 Å². The lowest BCUT2D eigenvalue weighted by Crippen LogP contribution is -2.42. The first kappa shape index (κ1) is 46.2. The standard InChI is InChI=1S/C18H31NO4.6CH4/c1-4-7-11-21-15-18(14-20-10-6-3,17-23-13-9-19)16-22-12-8-5-2;;;;;;/h1-2H,6-17,19H2,3H3;6*1H4. The Kier molecular flexibility index (Phi) is 54.9. The van der Waals surface area contributed by atoms with E-state index in [-0.39, 0.29) is 50.0 Å². The van der Waals surface area contributed by atoms with Gasteiger partial charge in [0, 0.05) is 26.0 Å². The number of hydrogen-bond donors (Lipinski definition) is 1. The van der Waals surface area contributed by atoms with Crippen LogP contribution >= 0.6 is 0 Å². The first-order valence-corrected chi connectivity index (χ1v) is 8.12. The van der Waals surface area contributed by atoms with Crippen molar-refractivity contribution < 1.29 is 18.9 Å². The smallest absolute Gasteiger partial charge is 0.0637 e. The van der Waals surface area contributed by atoms with Crippen LogP contribution in [-0.4, -0.2) is 59.4 Å². The fraction of sp³-hybridized carbons (Fsp3) is 0.833. The number of rotatable bonds is 16. The van der Waals surface area contributed by atoms with E-state index in [0.29, 0.717) is 72.2 Å². The predicted molar refractivity (Wildman–Crippen MR) is 132 cm³/mol. The van der Waals surface area contributed by atoms with E-state index in [2.05, 4.69) is 18.8 Å². The van der Waals surface area contributed by atoms with Gasteiger partial charge in [0.1, 0.15) is 0 Å². The van der Waals surface area contributed by atoms with Gasteiger partial charge in [-0.2, -0.15) is 0 Å². The average molecular weight is 422 g/mol. The Hall–Kier alpha value is -1.08. The topological polar surface area (TPSA) is 62.9 Å². The number of hydrogen-bond acceptors (Lipinski definition) is 5. The lowest BCUT2D eigenvalue weighted by atomic mass is 9.92. The molecule has 0 rings (SSSR count). The monoisotopic (exact) mass is 421 g/mol. The van der Waals surface area contributed by atoms with Gasteiger partial charge in [0.25, 0.3) is 0 Å². The molecule has 0 aromatic carbocycles. The highest BCUT2D eigenvalue weighted by molar-refractivity contribution is 4.85. The summed E-state index contributed by atoms with van der Waals surface area (Å²) in [6.07, 6.45) is 12.6. The van der Waals surface area contributed by atoms with Crippen LogP contribution in [0, 0.1) is 30.1 Å². The molecule has 180 valence electrons. The maximum absolute atomic E-state index is 5.74. The molecule has 0 aliphatic rings. The summed E-state index contributed by atoms with van der Waals surface area (Å²) < 4.78 is 22.8. The molecule has 0 heterocycles. The van der Waals surface area contributed by atoms with Crippen molar-refractivity contribution in [3.63, 3.8) is 0 Å². The molecule has 0 bridgehead atoms. The summed E-state index contributed by atoms with van der Waals surface area (Å²) in [5.41, 5.74) is 5.11. The second-order valence-corrected chi connectivity index (χ2v) is 5.41. The van der Waals surface area contributed by atoms with Crippen LogP contribution in [0.4, 0.5) is 0 Å². The third-order valence-corrected chi connectivity index (χ3v) is 3.03. The molecular weight excluding hydrogens is 366 g/mol. The zero-order valence-electron chi connectivity index (χ0n) is 14.4. The largest absolute Gasteiger partial charge is 0.381 e. The Bertz CT molecular complexity index is 314. The van der Waals surface area contributed by atoms with E-state index in [4.69, 9.17) is 37.5 Å². The SMILES string of the molecule is C.C.C.C.C.C.C#CCCOCC(COCCC)(COCCN)COCCC#C. The third-order valence-electron chi connectivity index (χ3n) is 3.03. The van der Waals surface area contributed by atoms with Gasteiger partial charge in [0.2, 0.25) is 0 Å². The van der Waals surface area contributed by atoms with Gasteiger partial charge in [-0.15, -0.1) is 24.7 Å². The Morgan fingerprint density at radius 1 is 0.655 bits per heavy atom. The highest BCUT2D eigenvalue weighted by atomic mass is 16.5. The van der Waals surface area contributed by atoms with Crippen molar-refractivity contribution in [2.45, 2.75) is 70.7 Å². The van der Waals surface area contributed by atoms with E-state index in [0.717, 1.165) is 6.42 Å². The molecular formula is C24H55NO4. The van der Waals surface area contributed by atoms with Crippen molar-refractivity contribution in [3.05, 3.63) is 0 Å². The van der Waals surface area contributed by atoms with Crippen LogP contribution in [0.5, 0.6) is 0 Å². The highest BCUT2D eigenvalue weighted by Crippen LogP contribution is 2.21. The van der Waals surface area contributed by atoms with Gasteiger partial charge >= 0.3 is 0 Å². The van der Waals surface area contributed by atoms with Crippen molar-refractivity contribution in [1.29, 1.82) is 0 Å². The Balaban J connectivity index is -0.000000161. The summed E-state index contributed by atoms with van der Waals surface area (Å²) in [4.78, 5) is 0. The summed E-state index contributed by atoms with van der Waals surface area (Å²) in [6, 6.07) is 0. The molecule has 5 heteroatoms. The van der Waals surface area contributed by atoms with Crippen molar-refractivity contribution in [2.24, 2.45) is 11.1 Å². The van der Waals surface area contributed by atoms with Gasteiger partial charge in [-0.1, -0.05) is 51.5 Å². The number of nitrogens with two attached hydrogens (primary N) is 1. The molecule has 0 fully saturated rings. The molecule has 0 aliphatic heterocycles. The minimum absolute atomic E-state index is 0. The Labute approximate surface area is 185 Å². The lowest BCUT2D eigenvalue weighted by Gasteiger charge is -2.33. The fourth-order valence-electron chi connectivity index (χ4n) is 1.89. The molecule has 29 heavy (non-hydrogen) atoms. The lowest BCUT2D eigenvalue weighted by molar-refractivity contribution is -0.105. The van der Waals surface area contributed by atoms with E-state index in [9.17, 15) is 0 Å². The van der Waals surface area contributed by atoms with Gasteiger partial charge < -0.3 is 24.7 Å². The number of terminal acetylenes is 2. The zero-order chi connectivity index (χ0) is 17.2. The van der Waals surface area contributed by atoms with Crippen LogP contribution in [0.15, 0.2) is 0 Å². The van der Waals surface area contributed by atoms with E-state index in [1.165, 1.54) is 0 Å². The maximum atomic E-state index is 5.74. The van der Waals surface area contributed by atoms with E-state index < -0.39 is 0 Å². The summed E-state index contributed by atoms with van der Waals surface area (Å²) in [5.74, 6) is 5.12. The molecule has 0 aromatic heterocycles. The van der Waals surface area contributed by atoms with Gasteiger partial charge in [0.05, 0.1) is 51.7 Å². The molecule has 0 aromatic rings. The summed E-state index contributed by atoms with van der Waals surface area (Å²) in [7, 11) is 0. The minimum atomic E-state index is -0.381. The Morgan fingerprint density at radius 3 is 1.31 bits per heavy atom. The third kappa shape index (κ3) is 26.9. The molecule has 0 aliphatic carbocycles. The van der Waals surface area contributed by atoms with Crippen LogP contribution in [0.3, 0.4) is 0 Å². The van der Waals surface area contributed by atoms with Gasteiger partial charge in [-0.05, 0) is 6.42 Å². The molecule has 0 radical (unpaired) electrons. The van der Waals surface area contributed by atoms with Crippen LogP contribution in [0.2, 0.25) is 0 Å². The average Bonchev–Trinajstić information content (AvgIpc) is 2.56.